The number of benzene rings is 2. The van der Waals surface area contributed by atoms with Crippen LogP contribution in [0.1, 0.15) is 17.3 Å². The van der Waals surface area contributed by atoms with Crippen molar-refractivity contribution in [2.45, 2.75) is 18.6 Å². The molecule has 4 aromatic rings. The summed E-state index contributed by atoms with van der Waals surface area (Å²) in [5.74, 6) is 1.71. The Kier molecular flexibility index (Phi) is 6.41. The number of hydrogen-bond donors (Lipinski definition) is 1. The van der Waals surface area contributed by atoms with Crippen molar-refractivity contribution in [3.8, 4) is 0 Å². The van der Waals surface area contributed by atoms with Crippen molar-refractivity contribution < 1.29 is 9.53 Å². The molecule has 2 aromatic heterocycles. The maximum atomic E-state index is 12.7. The van der Waals surface area contributed by atoms with Crippen molar-refractivity contribution in [2.24, 2.45) is 0 Å². The zero-order valence-electron chi connectivity index (χ0n) is 18.5. The van der Waals surface area contributed by atoms with Crippen LogP contribution in [0.5, 0.6) is 0 Å². The summed E-state index contributed by atoms with van der Waals surface area (Å²) in [6, 6.07) is 13.8. The largest absolute Gasteiger partial charge is 0.378 e. The normalized spacial score (nSPS) is 14.2. The molecular formula is C24H26N6O2S. The molecule has 3 heterocycles. The number of rotatable bonds is 7. The molecular weight excluding hydrogens is 436 g/mol. The molecule has 5 rings (SSSR count). The number of nitrogens with zero attached hydrogens (tertiary/aromatic N) is 5. The molecule has 0 spiro atoms. The topological polar surface area (TPSA) is 85.2 Å². The molecule has 1 saturated heterocycles. The number of amides is 1. The molecule has 0 unspecified atom stereocenters. The first kappa shape index (κ1) is 21.7. The van der Waals surface area contributed by atoms with Gasteiger partial charge in [-0.2, -0.15) is 5.10 Å². The highest BCUT2D eigenvalue weighted by atomic mass is 32.2. The SMILES string of the molecule is CCSc1nc(N2CCOCC2)c2cnn(CCNC(=O)c3ccc4ccccc4c3)c2n1. The number of hydrogen-bond acceptors (Lipinski definition) is 7. The molecule has 1 N–H and O–H groups in total. The molecule has 0 saturated carbocycles. The van der Waals surface area contributed by atoms with E-state index in [2.05, 4.69) is 22.2 Å². The van der Waals surface area contributed by atoms with Crippen LogP contribution in [-0.2, 0) is 11.3 Å². The minimum absolute atomic E-state index is 0.0944. The molecule has 9 heteroatoms. The fraction of sp³-hybridized carbons (Fsp3) is 0.333. The van der Waals surface area contributed by atoms with Crippen LogP contribution < -0.4 is 10.2 Å². The van der Waals surface area contributed by atoms with E-state index in [4.69, 9.17) is 14.7 Å². The molecule has 0 bridgehead atoms. The fourth-order valence-electron chi connectivity index (χ4n) is 4.00. The van der Waals surface area contributed by atoms with Gasteiger partial charge in [-0.3, -0.25) is 4.79 Å². The number of thioether (sulfide) groups is 1. The molecule has 1 aliphatic heterocycles. The number of carbonyl (C=O) groups excluding carboxylic acids is 1. The number of carbonyl (C=O) groups is 1. The van der Waals surface area contributed by atoms with Gasteiger partial charge in [0, 0.05) is 25.2 Å². The molecule has 0 atom stereocenters. The van der Waals surface area contributed by atoms with Crippen LogP contribution in [0.2, 0.25) is 0 Å². The van der Waals surface area contributed by atoms with Gasteiger partial charge in [0.05, 0.1) is 31.3 Å². The molecule has 2 aromatic carbocycles. The number of ether oxygens (including phenoxy) is 1. The van der Waals surface area contributed by atoms with E-state index in [9.17, 15) is 4.79 Å². The summed E-state index contributed by atoms with van der Waals surface area (Å²) < 4.78 is 7.35. The van der Waals surface area contributed by atoms with Gasteiger partial charge in [-0.1, -0.05) is 49.0 Å². The zero-order valence-corrected chi connectivity index (χ0v) is 19.3. The van der Waals surface area contributed by atoms with Crippen LogP contribution in [0.15, 0.2) is 53.8 Å². The average molecular weight is 463 g/mol. The number of aromatic nitrogens is 4. The van der Waals surface area contributed by atoms with Gasteiger partial charge < -0.3 is 15.0 Å². The first-order valence-electron chi connectivity index (χ1n) is 11.2. The lowest BCUT2D eigenvalue weighted by atomic mass is 10.1. The van der Waals surface area contributed by atoms with Crippen molar-refractivity contribution in [3.05, 3.63) is 54.2 Å². The number of fused-ring (bicyclic) bond motifs is 2. The molecule has 0 radical (unpaired) electrons. The Balaban J connectivity index is 1.33. The van der Waals surface area contributed by atoms with Gasteiger partial charge in [-0.05, 0) is 28.7 Å². The van der Waals surface area contributed by atoms with E-state index in [1.807, 2.05) is 53.3 Å². The Morgan fingerprint density at radius 3 is 2.76 bits per heavy atom. The van der Waals surface area contributed by atoms with Gasteiger partial charge in [0.25, 0.3) is 5.91 Å². The van der Waals surface area contributed by atoms with Crippen LogP contribution in [0.3, 0.4) is 0 Å². The van der Waals surface area contributed by atoms with E-state index in [0.717, 1.165) is 51.6 Å². The van der Waals surface area contributed by atoms with E-state index in [-0.39, 0.29) is 5.91 Å². The standard InChI is InChI=1S/C24H26N6O2S/c1-2-33-24-27-21(29-11-13-32-14-12-29)20-16-26-30(22(20)28-24)10-9-25-23(31)19-8-7-17-5-3-4-6-18(17)15-19/h3-8,15-16H,2,9-14H2,1H3,(H,25,31). The smallest absolute Gasteiger partial charge is 0.251 e. The maximum Gasteiger partial charge on any atom is 0.251 e. The highest BCUT2D eigenvalue weighted by Crippen LogP contribution is 2.27. The Morgan fingerprint density at radius 1 is 1.12 bits per heavy atom. The average Bonchev–Trinajstić information content (AvgIpc) is 3.26. The summed E-state index contributed by atoms with van der Waals surface area (Å²) >= 11 is 1.62. The third-order valence-corrected chi connectivity index (χ3v) is 6.39. The third-order valence-electron chi connectivity index (χ3n) is 5.66. The first-order chi connectivity index (χ1) is 16.2. The minimum Gasteiger partial charge on any atom is -0.378 e. The van der Waals surface area contributed by atoms with Crippen molar-refractivity contribution in [1.29, 1.82) is 0 Å². The summed E-state index contributed by atoms with van der Waals surface area (Å²) in [5, 5.41) is 11.4. The summed E-state index contributed by atoms with van der Waals surface area (Å²) in [6.07, 6.45) is 1.83. The lowest BCUT2D eigenvalue weighted by Gasteiger charge is -2.28. The predicted molar refractivity (Wildman–Crippen MR) is 131 cm³/mol. The van der Waals surface area contributed by atoms with Gasteiger partial charge in [0.1, 0.15) is 5.82 Å². The van der Waals surface area contributed by atoms with Gasteiger partial charge in [-0.25, -0.2) is 14.6 Å². The predicted octanol–water partition coefficient (Wildman–Crippen LogP) is 3.36. The fourth-order valence-corrected chi connectivity index (χ4v) is 4.56. The summed E-state index contributed by atoms with van der Waals surface area (Å²) in [7, 11) is 0. The monoisotopic (exact) mass is 462 g/mol. The molecule has 1 fully saturated rings. The van der Waals surface area contributed by atoms with Crippen LogP contribution >= 0.6 is 11.8 Å². The number of nitrogens with one attached hydrogen (secondary N) is 1. The van der Waals surface area contributed by atoms with E-state index >= 15 is 0 Å². The Morgan fingerprint density at radius 2 is 1.94 bits per heavy atom. The lowest BCUT2D eigenvalue weighted by Crippen LogP contribution is -2.37. The molecule has 8 nitrogen and oxygen atoms in total. The quantitative estimate of drug-likeness (QED) is 0.333. The molecule has 0 aliphatic carbocycles. The molecule has 170 valence electrons. The Bertz CT molecular complexity index is 1280. The Hall–Kier alpha value is -3.17. The van der Waals surface area contributed by atoms with Crippen LogP contribution in [0.25, 0.3) is 21.8 Å². The second-order valence-corrected chi connectivity index (χ2v) is 9.02. The van der Waals surface area contributed by atoms with E-state index in [0.29, 0.717) is 31.9 Å². The zero-order chi connectivity index (χ0) is 22.6. The number of anilines is 1. The third kappa shape index (κ3) is 4.65. The second-order valence-electron chi connectivity index (χ2n) is 7.79. The van der Waals surface area contributed by atoms with Crippen LogP contribution in [0, 0.1) is 0 Å². The summed E-state index contributed by atoms with van der Waals surface area (Å²) in [4.78, 5) is 24.5. The van der Waals surface area contributed by atoms with Crippen LogP contribution in [0.4, 0.5) is 5.82 Å². The summed E-state index contributed by atoms with van der Waals surface area (Å²) in [5.41, 5.74) is 1.44. The molecule has 1 aliphatic rings. The van der Waals surface area contributed by atoms with E-state index < -0.39 is 0 Å². The van der Waals surface area contributed by atoms with Crippen molar-refractivity contribution in [2.75, 3.05) is 43.5 Å². The molecule has 33 heavy (non-hydrogen) atoms. The van der Waals surface area contributed by atoms with E-state index in [1.54, 1.807) is 11.8 Å². The highest BCUT2D eigenvalue weighted by Gasteiger charge is 2.20. The maximum absolute atomic E-state index is 12.7. The number of morpholine rings is 1. The lowest BCUT2D eigenvalue weighted by molar-refractivity contribution is 0.0952. The van der Waals surface area contributed by atoms with Crippen LogP contribution in [-0.4, -0.2) is 64.3 Å². The Labute approximate surface area is 196 Å². The van der Waals surface area contributed by atoms with Crippen molar-refractivity contribution in [1.82, 2.24) is 25.1 Å². The van der Waals surface area contributed by atoms with Gasteiger partial charge in [-0.15, -0.1) is 0 Å². The summed E-state index contributed by atoms with van der Waals surface area (Å²) in [6.45, 7) is 6.05. The highest BCUT2D eigenvalue weighted by molar-refractivity contribution is 7.99. The molecule has 1 amide bonds. The van der Waals surface area contributed by atoms with Crippen molar-refractivity contribution >= 4 is 45.3 Å². The van der Waals surface area contributed by atoms with Gasteiger partial charge in [0.15, 0.2) is 10.8 Å². The van der Waals surface area contributed by atoms with Crippen molar-refractivity contribution in [3.63, 3.8) is 0 Å². The van der Waals surface area contributed by atoms with Gasteiger partial charge >= 0.3 is 0 Å². The first-order valence-corrected chi connectivity index (χ1v) is 12.2. The van der Waals surface area contributed by atoms with Gasteiger partial charge in [0.2, 0.25) is 0 Å². The second kappa shape index (κ2) is 9.76. The van der Waals surface area contributed by atoms with E-state index in [1.165, 1.54) is 0 Å². The minimum atomic E-state index is -0.0944.